The molecule has 24 heavy (non-hydrogen) atoms. The zero-order valence-electron chi connectivity index (χ0n) is 15.6. The van der Waals surface area contributed by atoms with Crippen LogP contribution in [0.5, 0.6) is 0 Å². The quantitative estimate of drug-likeness (QED) is 0.773. The Morgan fingerprint density at radius 2 is 1.96 bits per heavy atom. The molecule has 134 valence electrons. The number of rotatable bonds is 5. The van der Waals surface area contributed by atoms with Gasteiger partial charge in [0.05, 0.1) is 11.3 Å². The zero-order chi connectivity index (χ0) is 17.9. The van der Waals surface area contributed by atoms with Gasteiger partial charge in [0.15, 0.2) is 5.78 Å². The van der Waals surface area contributed by atoms with Crippen molar-refractivity contribution in [2.75, 3.05) is 27.2 Å². The average molecular weight is 334 g/mol. The topological polar surface area (TPSA) is 58.4 Å². The largest absolute Gasteiger partial charge is 0.341 e. The van der Waals surface area contributed by atoms with Crippen LogP contribution < -0.4 is 0 Å². The number of carbonyl (C=O) groups is 2. The van der Waals surface area contributed by atoms with Crippen molar-refractivity contribution >= 4 is 11.7 Å². The van der Waals surface area contributed by atoms with E-state index in [9.17, 15) is 9.59 Å². The highest BCUT2D eigenvalue weighted by Crippen LogP contribution is 2.17. The summed E-state index contributed by atoms with van der Waals surface area (Å²) in [6.45, 7) is 7.49. The lowest BCUT2D eigenvalue weighted by molar-refractivity contribution is -0.132. The Morgan fingerprint density at radius 3 is 2.54 bits per heavy atom. The maximum Gasteiger partial charge on any atom is 0.224 e. The summed E-state index contributed by atoms with van der Waals surface area (Å²) in [4.78, 5) is 28.5. The molecule has 0 saturated carbocycles. The van der Waals surface area contributed by atoms with E-state index in [0.29, 0.717) is 24.6 Å². The minimum Gasteiger partial charge on any atom is -0.341 e. The summed E-state index contributed by atoms with van der Waals surface area (Å²) in [5.41, 5.74) is 2.29. The van der Waals surface area contributed by atoms with Crippen molar-refractivity contribution < 1.29 is 9.59 Å². The molecule has 0 unspecified atom stereocenters. The summed E-state index contributed by atoms with van der Waals surface area (Å²) in [7, 11) is 4.16. The van der Waals surface area contributed by atoms with Crippen molar-refractivity contribution in [2.24, 2.45) is 0 Å². The first kappa shape index (κ1) is 18.6. The molecule has 0 aromatic carbocycles. The fourth-order valence-corrected chi connectivity index (χ4v) is 3.55. The van der Waals surface area contributed by atoms with Crippen molar-refractivity contribution in [1.29, 1.82) is 0 Å². The van der Waals surface area contributed by atoms with E-state index in [-0.39, 0.29) is 11.7 Å². The molecule has 6 nitrogen and oxygen atoms in total. The van der Waals surface area contributed by atoms with Crippen molar-refractivity contribution in [1.82, 2.24) is 19.6 Å². The van der Waals surface area contributed by atoms with Crippen LogP contribution in [-0.4, -0.2) is 64.5 Å². The standard InChI is InChI=1S/C18H30N4O2/c1-13-18(15(3)23)14(2)22(19-13)11-9-17(24)21-10-7-6-8-16(12-21)20(4)5/h16H,6-12H2,1-5H3/t16-/m0/s1. The van der Waals surface area contributed by atoms with Gasteiger partial charge >= 0.3 is 0 Å². The van der Waals surface area contributed by atoms with E-state index in [4.69, 9.17) is 0 Å². The van der Waals surface area contributed by atoms with Crippen LogP contribution >= 0.6 is 0 Å². The Morgan fingerprint density at radius 1 is 1.25 bits per heavy atom. The number of aryl methyl sites for hydroxylation is 2. The van der Waals surface area contributed by atoms with Gasteiger partial charge in [-0.3, -0.25) is 14.3 Å². The summed E-state index contributed by atoms with van der Waals surface area (Å²) < 4.78 is 1.80. The van der Waals surface area contributed by atoms with Gasteiger partial charge in [0.1, 0.15) is 0 Å². The third-order valence-electron chi connectivity index (χ3n) is 5.00. The number of carbonyl (C=O) groups excluding carboxylic acids is 2. The second kappa shape index (κ2) is 7.92. The molecule has 1 fully saturated rings. The van der Waals surface area contributed by atoms with Gasteiger partial charge in [0, 0.05) is 37.8 Å². The molecule has 0 spiro atoms. The lowest BCUT2D eigenvalue weighted by Crippen LogP contribution is -2.42. The van der Waals surface area contributed by atoms with Gasteiger partial charge in [0.2, 0.25) is 5.91 Å². The van der Waals surface area contributed by atoms with Gasteiger partial charge in [-0.1, -0.05) is 6.42 Å². The highest BCUT2D eigenvalue weighted by Gasteiger charge is 2.23. The number of Topliss-reactive ketones (excluding diaryl/α,β-unsaturated/α-hetero) is 1. The number of hydrogen-bond acceptors (Lipinski definition) is 4. The van der Waals surface area contributed by atoms with Crippen LogP contribution in [0.2, 0.25) is 0 Å². The predicted octanol–water partition coefficient (Wildman–Crippen LogP) is 2.04. The summed E-state index contributed by atoms with van der Waals surface area (Å²) in [5.74, 6) is 0.213. The fraction of sp³-hybridized carbons (Fsp3) is 0.722. The molecule has 1 aliphatic rings. The van der Waals surface area contributed by atoms with Gasteiger partial charge in [0.25, 0.3) is 0 Å². The maximum atomic E-state index is 12.6. The van der Waals surface area contributed by atoms with Gasteiger partial charge in [-0.05, 0) is 47.7 Å². The molecule has 2 rings (SSSR count). The lowest BCUT2D eigenvalue weighted by Gasteiger charge is -2.28. The number of nitrogens with zero attached hydrogens (tertiary/aromatic N) is 4. The van der Waals surface area contributed by atoms with E-state index < -0.39 is 0 Å². The Balaban J connectivity index is 2.00. The smallest absolute Gasteiger partial charge is 0.224 e. The molecule has 2 heterocycles. The first-order chi connectivity index (χ1) is 11.3. The van der Waals surface area contributed by atoms with Crippen LogP contribution in [0, 0.1) is 13.8 Å². The van der Waals surface area contributed by atoms with Gasteiger partial charge in [-0.2, -0.15) is 5.10 Å². The molecule has 0 bridgehead atoms. The van der Waals surface area contributed by atoms with E-state index >= 15 is 0 Å². The maximum absolute atomic E-state index is 12.6. The third kappa shape index (κ3) is 4.23. The summed E-state index contributed by atoms with van der Waals surface area (Å²) in [5, 5.41) is 4.43. The molecule has 1 aliphatic heterocycles. The van der Waals surface area contributed by atoms with Gasteiger partial charge in [-0.15, -0.1) is 0 Å². The second-order valence-corrected chi connectivity index (χ2v) is 7.03. The Bertz CT molecular complexity index is 606. The number of likely N-dealkylation sites (tertiary alicyclic amines) is 1. The normalized spacial score (nSPS) is 18.8. The number of hydrogen-bond donors (Lipinski definition) is 0. The first-order valence-electron chi connectivity index (χ1n) is 8.80. The van der Waals surface area contributed by atoms with E-state index in [2.05, 4.69) is 24.1 Å². The minimum atomic E-state index is 0.0314. The zero-order valence-corrected chi connectivity index (χ0v) is 15.6. The van der Waals surface area contributed by atoms with E-state index in [1.54, 1.807) is 11.6 Å². The molecule has 1 amide bonds. The second-order valence-electron chi connectivity index (χ2n) is 7.03. The predicted molar refractivity (Wildman–Crippen MR) is 94.2 cm³/mol. The van der Waals surface area contributed by atoms with Crippen molar-refractivity contribution in [3.8, 4) is 0 Å². The van der Waals surface area contributed by atoms with Gasteiger partial charge < -0.3 is 9.80 Å². The summed E-state index contributed by atoms with van der Waals surface area (Å²) in [6.07, 6.45) is 3.83. The highest BCUT2D eigenvalue weighted by atomic mass is 16.2. The van der Waals surface area contributed by atoms with Crippen LogP contribution in [0.25, 0.3) is 0 Å². The lowest BCUT2D eigenvalue weighted by atomic mass is 10.1. The Kier molecular flexibility index (Phi) is 6.15. The highest BCUT2D eigenvalue weighted by molar-refractivity contribution is 5.96. The van der Waals surface area contributed by atoms with Crippen LogP contribution in [0.1, 0.15) is 54.4 Å². The SMILES string of the molecule is CC(=O)c1c(C)nn(CCC(=O)N2CCCC[C@H](N(C)C)C2)c1C. The number of aromatic nitrogens is 2. The minimum absolute atomic E-state index is 0.0314. The monoisotopic (exact) mass is 334 g/mol. The molecule has 0 radical (unpaired) electrons. The van der Waals surface area contributed by atoms with Crippen LogP contribution in [0.3, 0.4) is 0 Å². The van der Waals surface area contributed by atoms with Crippen LogP contribution in [0.4, 0.5) is 0 Å². The number of ketones is 1. The third-order valence-corrected chi connectivity index (χ3v) is 5.00. The summed E-state index contributed by atoms with van der Waals surface area (Å²) in [6, 6.07) is 0.439. The van der Waals surface area contributed by atoms with Crippen LogP contribution in [-0.2, 0) is 11.3 Å². The molecule has 1 saturated heterocycles. The molecule has 1 aromatic rings. The van der Waals surface area contributed by atoms with E-state index in [1.807, 2.05) is 18.7 Å². The molecule has 0 aliphatic carbocycles. The number of amides is 1. The average Bonchev–Trinajstić information content (AvgIpc) is 2.69. The van der Waals surface area contributed by atoms with E-state index in [0.717, 1.165) is 37.3 Å². The molecular formula is C18H30N4O2. The fourth-order valence-electron chi connectivity index (χ4n) is 3.55. The van der Waals surface area contributed by atoms with Crippen molar-refractivity contribution in [2.45, 2.75) is 59.0 Å². The molecule has 1 atom stereocenters. The van der Waals surface area contributed by atoms with Crippen LogP contribution in [0.15, 0.2) is 0 Å². The first-order valence-corrected chi connectivity index (χ1v) is 8.80. The van der Waals surface area contributed by atoms with Crippen molar-refractivity contribution in [3.05, 3.63) is 17.0 Å². The molecule has 6 heteroatoms. The Labute approximate surface area is 144 Å². The van der Waals surface area contributed by atoms with Gasteiger partial charge in [-0.25, -0.2) is 0 Å². The molecule has 1 aromatic heterocycles. The summed E-state index contributed by atoms with van der Waals surface area (Å²) >= 11 is 0. The molecular weight excluding hydrogens is 304 g/mol. The van der Waals surface area contributed by atoms with E-state index in [1.165, 1.54) is 6.42 Å². The Hall–Kier alpha value is -1.69. The van der Waals surface area contributed by atoms with Crippen molar-refractivity contribution in [3.63, 3.8) is 0 Å². The number of likely N-dealkylation sites (N-methyl/N-ethyl adjacent to an activating group) is 1. The molecule has 0 N–H and O–H groups in total.